The number of nitrogens with zero attached hydrogens (tertiary/aromatic N) is 2. The number of aryl methyl sites for hydroxylation is 1. The summed E-state index contributed by atoms with van der Waals surface area (Å²) in [5.41, 5.74) is 7.51. The van der Waals surface area contributed by atoms with Crippen LogP contribution in [0.2, 0.25) is 5.02 Å². The summed E-state index contributed by atoms with van der Waals surface area (Å²) < 4.78 is 18.4. The van der Waals surface area contributed by atoms with Gasteiger partial charge in [0.2, 0.25) is 5.91 Å². The summed E-state index contributed by atoms with van der Waals surface area (Å²) in [6, 6.07) is 12.6. The van der Waals surface area contributed by atoms with Crippen LogP contribution in [0.4, 0.5) is 10.1 Å². The maximum Gasteiger partial charge on any atom is 0.222 e. The van der Waals surface area contributed by atoms with Gasteiger partial charge in [0.15, 0.2) is 0 Å². The van der Waals surface area contributed by atoms with Gasteiger partial charge in [0.05, 0.1) is 17.0 Å². The SMILES string of the molecule is Clc1cc(CCCN2CCCC2)ccc1OC1CC1.NC(=O)C1CCN(c2ccc(F)cc2)C1. The zero-order chi connectivity index (χ0) is 23.9. The molecule has 1 atom stereocenters. The summed E-state index contributed by atoms with van der Waals surface area (Å²) in [5, 5.41) is 0.769. The van der Waals surface area contributed by atoms with Gasteiger partial charge in [0.25, 0.3) is 0 Å². The van der Waals surface area contributed by atoms with Crippen LogP contribution in [-0.4, -0.2) is 49.6 Å². The Morgan fingerprint density at radius 3 is 2.41 bits per heavy atom. The van der Waals surface area contributed by atoms with Crippen LogP contribution < -0.4 is 15.4 Å². The number of benzene rings is 2. The number of amides is 1. The summed E-state index contributed by atoms with van der Waals surface area (Å²) in [7, 11) is 0. The van der Waals surface area contributed by atoms with Gasteiger partial charge >= 0.3 is 0 Å². The molecule has 1 aliphatic carbocycles. The summed E-state index contributed by atoms with van der Waals surface area (Å²) >= 11 is 6.27. The van der Waals surface area contributed by atoms with Crippen LogP contribution in [0.15, 0.2) is 42.5 Å². The molecule has 2 aromatic rings. The van der Waals surface area contributed by atoms with E-state index < -0.39 is 0 Å². The zero-order valence-corrected chi connectivity index (χ0v) is 20.5. The highest BCUT2D eigenvalue weighted by atomic mass is 35.5. The number of ether oxygens (including phenoxy) is 1. The van der Waals surface area contributed by atoms with E-state index in [-0.39, 0.29) is 17.6 Å². The van der Waals surface area contributed by atoms with Gasteiger partial charge < -0.3 is 20.3 Å². The molecule has 2 saturated heterocycles. The molecule has 7 heteroatoms. The van der Waals surface area contributed by atoms with E-state index in [9.17, 15) is 9.18 Å². The molecule has 2 aromatic carbocycles. The van der Waals surface area contributed by atoms with Crippen LogP contribution >= 0.6 is 11.6 Å². The van der Waals surface area contributed by atoms with Crippen molar-refractivity contribution in [1.29, 1.82) is 0 Å². The van der Waals surface area contributed by atoms with Crippen LogP contribution in [0.1, 0.15) is 44.1 Å². The molecular formula is C27H35ClFN3O2. The number of hydrogen-bond acceptors (Lipinski definition) is 4. The molecule has 3 fully saturated rings. The monoisotopic (exact) mass is 487 g/mol. The largest absolute Gasteiger partial charge is 0.489 e. The number of hydrogen-bond donors (Lipinski definition) is 1. The van der Waals surface area contributed by atoms with Crippen molar-refractivity contribution in [2.45, 2.75) is 51.0 Å². The third-order valence-corrected chi connectivity index (χ3v) is 7.03. The lowest BCUT2D eigenvalue weighted by Crippen LogP contribution is -2.27. The lowest BCUT2D eigenvalue weighted by molar-refractivity contribution is -0.121. The molecule has 0 bridgehead atoms. The van der Waals surface area contributed by atoms with Gasteiger partial charge in [-0.2, -0.15) is 0 Å². The molecule has 184 valence electrons. The van der Waals surface area contributed by atoms with E-state index in [2.05, 4.69) is 21.9 Å². The number of carbonyl (C=O) groups excluding carboxylic acids is 1. The maximum atomic E-state index is 12.7. The molecule has 1 unspecified atom stereocenters. The van der Waals surface area contributed by atoms with Crippen molar-refractivity contribution in [3.05, 3.63) is 58.9 Å². The Kier molecular flexibility index (Phi) is 8.68. The van der Waals surface area contributed by atoms with E-state index in [4.69, 9.17) is 22.1 Å². The number of halogens is 2. The fourth-order valence-corrected chi connectivity index (χ4v) is 4.80. The Labute approximate surface area is 207 Å². The summed E-state index contributed by atoms with van der Waals surface area (Å²) in [6.07, 6.45) is 8.63. The van der Waals surface area contributed by atoms with Gasteiger partial charge in [-0.15, -0.1) is 0 Å². The molecular weight excluding hydrogens is 453 g/mol. The number of primary amides is 1. The fourth-order valence-electron chi connectivity index (χ4n) is 4.55. The van der Waals surface area contributed by atoms with Crippen molar-refractivity contribution in [1.82, 2.24) is 4.90 Å². The first-order valence-electron chi connectivity index (χ1n) is 12.4. The molecule has 2 aliphatic heterocycles. The molecule has 2 N–H and O–H groups in total. The lowest BCUT2D eigenvalue weighted by atomic mass is 10.1. The van der Waals surface area contributed by atoms with E-state index in [0.717, 1.165) is 35.8 Å². The van der Waals surface area contributed by atoms with Crippen molar-refractivity contribution < 1.29 is 13.9 Å². The number of anilines is 1. The van der Waals surface area contributed by atoms with Crippen LogP contribution in [0.3, 0.4) is 0 Å². The molecule has 5 nitrogen and oxygen atoms in total. The van der Waals surface area contributed by atoms with Gasteiger partial charge in [0, 0.05) is 18.8 Å². The second kappa shape index (κ2) is 11.9. The average Bonchev–Trinajstić information content (AvgIpc) is 3.26. The van der Waals surface area contributed by atoms with Gasteiger partial charge in [-0.05, 0) is 107 Å². The molecule has 0 spiro atoms. The predicted octanol–water partition coefficient (Wildman–Crippen LogP) is 5.05. The molecule has 2 heterocycles. The zero-order valence-electron chi connectivity index (χ0n) is 19.7. The van der Waals surface area contributed by atoms with Gasteiger partial charge in [0.1, 0.15) is 11.6 Å². The normalized spacial score (nSPS) is 20.2. The molecule has 1 amide bonds. The Hall–Kier alpha value is -2.31. The van der Waals surface area contributed by atoms with Crippen molar-refractivity contribution >= 4 is 23.2 Å². The highest BCUT2D eigenvalue weighted by molar-refractivity contribution is 6.32. The molecule has 1 saturated carbocycles. The highest BCUT2D eigenvalue weighted by Gasteiger charge is 2.26. The lowest BCUT2D eigenvalue weighted by Gasteiger charge is -2.17. The first-order chi connectivity index (χ1) is 16.5. The standard InChI is InChI=1S/C16H22ClNO.C11H13FN2O/c17-15-12-13(4-3-11-18-9-1-2-10-18)5-8-16(15)19-14-6-7-14;12-9-1-3-10(4-2-9)14-6-5-8(7-14)11(13)15/h5,8,12,14H,1-4,6-7,9-11H2;1-4,8H,5-7H2,(H2,13,15). The van der Waals surface area contributed by atoms with Crippen LogP contribution in [-0.2, 0) is 11.2 Å². The minimum Gasteiger partial charge on any atom is -0.489 e. The van der Waals surface area contributed by atoms with Crippen molar-refractivity contribution in [3.8, 4) is 5.75 Å². The third-order valence-electron chi connectivity index (χ3n) is 6.74. The summed E-state index contributed by atoms with van der Waals surface area (Å²) in [6.45, 7) is 5.24. The van der Waals surface area contributed by atoms with Gasteiger partial charge in [-0.1, -0.05) is 17.7 Å². The minimum atomic E-state index is -0.250. The second-order valence-electron chi connectivity index (χ2n) is 9.54. The minimum absolute atomic E-state index is 0.0740. The topological polar surface area (TPSA) is 58.8 Å². The van der Waals surface area contributed by atoms with Gasteiger partial charge in [-0.3, -0.25) is 4.79 Å². The van der Waals surface area contributed by atoms with Crippen LogP contribution in [0, 0.1) is 11.7 Å². The molecule has 0 radical (unpaired) electrons. The summed E-state index contributed by atoms with van der Waals surface area (Å²) in [4.78, 5) is 15.6. The van der Waals surface area contributed by atoms with Crippen LogP contribution in [0.25, 0.3) is 0 Å². The summed E-state index contributed by atoms with van der Waals surface area (Å²) in [5.74, 6) is 0.284. The van der Waals surface area contributed by atoms with E-state index >= 15 is 0 Å². The Morgan fingerprint density at radius 1 is 1.06 bits per heavy atom. The van der Waals surface area contributed by atoms with E-state index in [0.29, 0.717) is 12.6 Å². The Balaban J connectivity index is 0.000000166. The number of likely N-dealkylation sites (tertiary alicyclic amines) is 1. The quantitative estimate of drug-likeness (QED) is 0.566. The smallest absolute Gasteiger partial charge is 0.222 e. The highest BCUT2D eigenvalue weighted by Crippen LogP contribution is 2.32. The number of carbonyl (C=O) groups is 1. The molecule has 5 rings (SSSR count). The van der Waals surface area contributed by atoms with E-state index in [1.165, 1.54) is 69.4 Å². The first-order valence-corrected chi connectivity index (χ1v) is 12.8. The van der Waals surface area contributed by atoms with E-state index in [1.54, 1.807) is 12.1 Å². The predicted molar refractivity (Wildman–Crippen MR) is 135 cm³/mol. The van der Waals surface area contributed by atoms with Crippen molar-refractivity contribution in [2.75, 3.05) is 37.6 Å². The number of rotatable bonds is 8. The van der Waals surface area contributed by atoms with E-state index in [1.807, 2.05) is 6.07 Å². The number of nitrogens with two attached hydrogens (primary N) is 1. The molecule has 3 aliphatic rings. The Morgan fingerprint density at radius 2 is 1.79 bits per heavy atom. The van der Waals surface area contributed by atoms with Crippen molar-refractivity contribution in [2.24, 2.45) is 11.7 Å². The molecule has 0 aromatic heterocycles. The molecule has 34 heavy (non-hydrogen) atoms. The first kappa shape index (κ1) is 24.8. The average molecular weight is 488 g/mol. The van der Waals surface area contributed by atoms with Crippen LogP contribution in [0.5, 0.6) is 5.75 Å². The Bertz CT molecular complexity index is 945. The van der Waals surface area contributed by atoms with Crippen molar-refractivity contribution in [3.63, 3.8) is 0 Å². The third kappa shape index (κ3) is 7.34. The van der Waals surface area contributed by atoms with Gasteiger partial charge in [-0.25, -0.2) is 4.39 Å². The fraction of sp³-hybridized carbons (Fsp3) is 0.519. The second-order valence-corrected chi connectivity index (χ2v) is 9.95. The maximum absolute atomic E-state index is 12.7.